The molecule has 9 heteroatoms. The predicted octanol–water partition coefficient (Wildman–Crippen LogP) is 3.67. The van der Waals surface area contributed by atoms with Crippen molar-refractivity contribution in [2.75, 3.05) is 12.4 Å². The molecule has 0 atom stereocenters. The molecule has 7 nitrogen and oxygen atoms in total. The van der Waals surface area contributed by atoms with Gasteiger partial charge >= 0.3 is 0 Å². The zero-order chi connectivity index (χ0) is 21.0. The Kier molecular flexibility index (Phi) is 6.14. The lowest BCUT2D eigenvalue weighted by Crippen LogP contribution is -2.18. The number of carbonyl (C=O) groups excluding carboxylic acids is 1. The van der Waals surface area contributed by atoms with Crippen LogP contribution in [0.15, 0.2) is 59.9 Å². The minimum atomic E-state index is -3.86. The Balaban J connectivity index is 1.85. The van der Waals surface area contributed by atoms with Gasteiger partial charge in [0.05, 0.1) is 24.1 Å². The van der Waals surface area contributed by atoms with Crippen LogP contribution >= 0.6 is 11.6 Å². The quantitative estimate of drug-likeness (QED) is 0.598. The molecule has 2 aromatic carbocycles. The SMILES string of the molecule is COc1ccc(NC(=O)c2nc(S(=O)(=O)Cc3cccc(C)c3)ncc2Cl)cc1. The lowest BCUT2D eigenvalue weighted by Gasteiger charge is -2.09. The van der Waals surface area contributed by atoms with Crippen molar-refractivity contribution in [3.8, 4) is 5.75 Å². The molecule has 1 N–H and O–H groups in total. The minimum absolute atomic E-state index is 0.0504. The fraction of sp³-hybridized carbons (Fsp3) is 0.150. The number of methoxy groups -OCH3 is 1. The molecule has 0 aliphatic heterocycles. The number of aryl methyl sites for hydroxylation is 1. The van der Waals surface area contributed by atoms with Crippen LogP contribution in [-0.4, -0.2) is 31.4 Å². The fourth-order valence-electron chi connectivity index (χ4n) is 2.61. The number of nitrogens with zero attached hydrogens (tertiary/aromatic N) is 2. The Hall–Kier alpha value is -2.97. The topological polar surface area (TPSA) is 98.2 Å². The maximum Gasteiger partial charge on any atom is 0.275 e. The highest BCUT2D eigenvalue weighted by molar-refractivity contribution is 7.90. The molecule has 1 amide bonds. The molecule has 3 aromatic rings. The van der Waals surface area contributed by atoms with E-state index in [0.29, 0.717) is 17.0 Å². The van der Waals surface area contributed by atoms with Gasteiger partial charge in [-0.3, -0.25) is 4.79 Å². The summed E-state index contributed by atoms with van der Waals surface area (Å²) >= 11 is 6.04. The molecule has 0 bridgehead atoms. The average molecular weight is 432 g/mol. The predicted molar refractivity (Wildman–Crippen MR) is 110 cm³/mol. The summed E-state index contributed by atoms with van der Waals surface area (Å²) in [5, 5.41) is 2.12. The lowest BCUT2D eigenvalue weighted by atomic mass is 10.2. The number of carbonyl (C=O) groups is 1. The van der Waals surface area contributed by atoms with Gasteiger partial charge in [-0.25, -0.2) is 18.4 Å². The summed E-state index contributed by atoms with van der Waals surface area (Å²) in [7, 11) is -2.33. The van der Waals surface area contributed by atoms with Gasteiger partial charge in [0, 0.05) is 5.69 Å². The van der Waals surface area contributed by atoms with Crippen molar-refractivity contribution in [2.24, 2.45) is 0 Å². The number of rotatable bonds is 6. The lowest BCUT2D eigenvalue weighted by molar-refractivity contribution is 0.102. The standard InChI is InChI=1S/C20H18ClN3O4S/c1-13-4-3-5-14(10-13)12-29(26,27)20-22-11-17(21)18(24-20)19(25)23-15-6-8-16(28-2)9-7-15/h3-11H,12H2,1-2H3,(H,23,25). The number of halogens is 1. The van der Waals surface area contributed by atoms with Crippen molar-refractivity contribution in [3.05, 3.63) is 76.6 Å². The first kappa shape index (κ1) is 20.8. The summed E-state index contributed by atoms with van der Waals surface area (Å²) in [6.07, 6.45) is 1.11. The van der Waals surface area contributed by atoms with Gasteiger partial charge in [-0.2, -0.15) is 0 Å². The van der Waals surface area contributed by atoms with Gasteiger partial charge in [0.15, 0.2) is 5.69 Å². The largest absolute Gasteiger partial charge is 0.497 e. The van der Waals surface area contributed by atoms with Crippen LogP contribution in [0.4, 0.5) is 5.69 Å². The van der Waals surface area contributed by atoms with E-state index in [4.69, 9.17) is 16.3 Å². The van der Waals surface area contributed by atoms with Gasteiger partial charge in [0.1, 0.15) is 5.75 Å². The molecule has 0 saturated heterocycles. The molecule has 0 unspecified atom stereocenters. The Labute approximate surface area is 173 Å². The number of hydrogen-bond acceptors (Lipinski definition) is 6. The molecule has 0 aliphatic rings. The van der Waals surface area contributed by atoms with Crippen molar-refractivity contribution in [1.82, 2.24) is 9.97 Å². The number of nitrogens with one attached hydrogen (secondary N) is 1. The van der Waals surface area contributed by atoms with Gasteiger partial charge in [0.25, 0.3) is 5.91 Å². The molecule has 0 aliphatic carbocycles. The third kappa shape index (κ3) is 5.10. The van der Waals surface area contributed by atoms with Crippen molar-refractivity contribution in [3.63, 3.8) is 0 Å². The molecule has 29 heavy (non-hydrogen) atoms. The number of aromatic nitrogens is 2. The Morgan fingerprint density at radius 2 is 1.90 bits per heavy atom. The normalized spacial score (nSPS) is 11.1. The summed E-state index contributed by atoms with van der Waals surface area (Å²) in [6.45, 7) is 1.87. The van der Waals surface area contributed by atoms with E-state index in [9.17, 15) is 13.2 Å². The molecule has 150 valence electrons. The maximum absolute atomic E-state index is 12.7. The number of hydrogen-bond donors (Lipinski definition) is 1. The average Bonchev–Trinajstić information content (AvgIpc) is 2.68. The van der Waals surface area contributed by atoms with Crippen molar-refractivity contribution >= 4 is 33.0 Å². The van der Waals surface area contributed by atoms with Crippen LogP contribution in [-0.2, 0) is 15.6 Å². The molecular weight excluding hydrogens is 414 g/mol. The summed E-state index contributed by atoms with van der Waals surface area (Å²) < 4.78 is 30.5. The molecule has 0 radical (unpaired) electrons. The summed E-state index contributed by atoms with van der Waals surface area (Å²) in [5.74, 6) is -0.294. The molecular formula is C20H18ClN3O4S. The second kappa shape index (κ2) is 8.59. The Morgan fingerprint density at radius 1 is 1.17 bits per heavy atom. The zero-order valence-electron chi connectivity index (χ0n) is 15.7. The smallest absolute Gasteiger partial charge is 0.275 e. The number of amides is 1. The van der Waals surface area contributed by atoms with Gasteiger partial charge in [-0.05, 0) is 36.8 Å². The monoisotopic (exact) mass is 431 g/mol. The van der Waals surface area contributed by atoms with Gasteiger partial charge in [-0.1, -0.05) is 41.4 Å². The summed E-state index contributed by atoms with van der Waals surface area (Å²) in [5.41, 5.74) is 1.80. The van der Waals surface area contributed by atoms with E-state index >= 15 is 0 Å². The molecule has 0 fully saturated rings. The van der Waals surface area contributed by atoms with E-state index in [1.807, 2.05) is 13.0 Å². The van der Waals surface area contributed by atoms with Gasteiger partial charge in [0.2, 0.25) is 15.0 Å². The number of ether oxygens (including phenoxy) is 1. The molecule has 0 saturated carbocycles. The van der Waals surface area contributed by atoms with E-state index in [1.165, 1.54) is 7.11 Å². The zero-order valence-corrected chi connectivity index (χ0v) is 17.3. The molecule has 3 rings (SSSR count). The van der Waals surface area contributed by atoms with Gasteiger partial charge < -0.3 is 10.1 Å². The second-order valence-electron chi connectivity index (χ2n) is 6.28. The third-order valence-electron chi connectivity index (χ3n) is 4.00. The van der Waals surface area contributed by atoms with Crippen LogP contribution in [0.25, 0.3) is 0 Å². The summed E-state index contributed by atoms with van der Waals surface area (Å²) in [4.78, 5) is 20.3. The van der Waals surface area contributed by atoms with Gasteiger partial charge in [-0.15, -0.1) is 0 Å². The first-order valence-electron chi connectivity index (χ1n) is 8.55. The highest BCUT2D eigenvalue weighted by Crippen LogP contribution is 2.20. The first-order valence-corrected chi connectivity index (χ1v) is 10.6. The van der Waals surface area contributed by atoms with E-state index in [-0.39, 0.29) is 16.5 Å². The van der Waals surface area contributed by atoms with Crippen molar-refractivity contribution in [1.29, 1.82) is 0 Å². The molecule has 1 aromatic heterocycles. The fourth-order valence-corrected chi connectivity index (χ4v) is 3.98. The van der Waals surface area contributed by atoms with Crippen molar-refractivity contribution < 1.29 is 17.9 Å². The number of sulfone groups is 1. The van der Waals surface area contributed by atoms with Crippen LogP contribution in [0, 0.1) is 6.92 Å². The van der Waals surface area contributed by atoms with Crippen LogP contribution < -0.4 is 10.1 Å². The Morgan fingerprint density at radius 3 is 2.55 bits per heavy atom. The highest BCUT2D eigenvalue weighted by atomic mass is 35.5. The van der Waals surface area contributed by atoms with E-state index in [0.717, 1.165) is 11.8 Å². The second-order valence-corrected chi connectivity index (χ2v) is 8.57. The van der Waals surface area contributed by atoms with E-state index < -0.39 is 20.9 Å². The van der Waals surface area contributed by atoms with E-state index in [2.05, 4.69) is 15.3 Å². The van der Waals surface area contributed by atoms with E-state index in [1.54, 1.807) is 42.5 Å². The first-order chi connectivity index (χ1) is 13.8. The molecule has 1 heterocycles. The minimum Gasteiger partial charge on any atom is -0.497 e. The van der Waals surface area contributed by atoms with Crippen LogP contribution in [0.5, 0.6) is 5.75 Å². The Bertz CT molecular complexity index is 1150. The van der Waals surface area contributed by atoms with Crippen LogP contribution in [0.2, 0.25) is 5.02 Å². The third-order valence-corrected chi connectivity index (χ3v) is 5.75. The van der Waals surface area contributed by atoms with Crippen LogP contribution in [0.3, 0.4) is 0 Å². The molecule has 0 spiro atoms. The number of anilines is 1. The summed E-state index contributed by atoms with van der Waals surface area (Å²) in [6, 6.07) is 13.8. The number of benzene rings is 2. The maximum atomic E-state index is 12.7. The van der Waals surface area contributed by atoms with Crippen LogP contribution in [0.1, 0.15) is 21.6 Å². The van der Waals surface area contributed by atoms with Crippen molar-refractivity contribution in [2.45, 2.75) is 17.8 Å². The highest BCUT2D eigenvalue weighted by Gasteiger charge is 2.23.